The minimum atomic E-state index is -3.56. The summed E-state index contributed by atoms with van der Waals surface area (Å²) < 4.78 is 27.2. The van der Waals surface area contributed by atoms with E-state index in [1.165, 1.54) is 34.4 Å². The Morgan fingerprint density at radius 3 is 2.53 bits per heavy atom. The zero-order valence-electron chi connectivity index (χ0n) is 26.9. The van der Waals surface area contributed by atoms with Gasteiger partial charge in [0, 0.05) is 23.0 Å². The summed E-state index contributed by atoms with van der Waals surface area (Å²) in [6.45, 7) is 8.61. The number of anilines is 1. The molecule has 0 bridgehead atoms. The van der Waals surface area contributed by atoms with Crippen molar-refractivity contribution in [3.8, 4) is 17.5 Å². The number of para-hydroxylation sites is 1. The first-order valence-electron chi connectivity index (χ1n) is 14.7. The Balaban J connectivity index is 1.55. The van der Waals surface area contributed by atoms with Gasteiger partial charge in [0.25, 0.3) is 11.5 Å². The Labute approximate surface area is 286 Å². The van der Waals surface area contributed by atoms with Crippen LogP contribution in [0.25, 0.3) is 16.6 Å². The maximum absolute atomic E-state index is 14.3. The lowest BCUT2D eigenvalue weighted by Gasteiger charge is -2.20. The fourth-order valence-corrected chi connectivity index (χ4v) is 5.96. The van der Waals surface area contributed by atoms with Crippen LogP contribution in [0.3, 0.4) is 0 Å². The summed E-state index contributed by atoms with van der Waals surface area (Å²) in [7, 11) is -3.56. The lowest BCUT2D eigenvalue weighted by atomic mass is 10.1. The largest absolute Gasteiger partial charge is 0.382 e. The number of fused-ring (bicyclic) bond motifs is 1. The van der Waals surface area contributed by atoms with Crippen molar-refractivity contribution in [1.29, 1.82) is 0 Å². The first-order valence-corrected chi connectivity index (χ1v) is 17.4. The molecular weight excluding hydrogens is 663 g/mol. The van der Waals surface area contributed by atoms with E-state index in [9.17, 15) is 18.0 Å². The third-order valence-electron chi connectivity index (χ3n) is 6.98. The van der Waals surface area contributed by atoms with Gasteiger partial charge in [0.1, 0.15) is 5.82 Å². The number of hydrogen-bond acceptors (Lipinski definition) is 11. The normalized spacial score (nSPS) is 12.8. The van der Waals surface area contributed by atoms with Gasteiger partial charge >= 0.3 is 0 Å². The van der Waals surface area contributed by atoms with Crippen molar-refractivity contribution in [3.05, 3.63) is 122 Å². The van der Waals surface area contributed by atoms with Gasteiger partial charge in [-0.3, -0.25) is 23.9 Å². The SMILES string of the molecule is C=N/C(N)=C(\N=C(/C)c1cncc(NS(C)(=O)=O)c1)C(=O)N[C@H](C)c1nc2cccc(C#Cc3cnc(C)s3)c2c(=O)n1-c1ccccc1. The summed E-state index contributed by atoms with van der Waals surface area (Å²) in [4.78, 5) is 50.1. The van der Waals surface area contributed by atoms with Crippen molar-refractivity contribution < 1.29 is 13.2 Å². The fraction of sp³-hybridized carbons (Fsp3) is 0.147. The molecule has 0 saturated heterocycles. The lowest BCUT2D eigenvalue weighted by Crippen LogP contribution is -2.34. The van der Waals surface area contributed by atoms with Crippen molar-refractivity contribution >= 4 is 56.3 Å². The molecule has 0 aliphatic rings. The number of aryl methyl sites for hydroxylation is 1. The van der Waals surface area contributed by atoms with Gasteiger partial charge in [-0.1, -0.05) is 30.2 Å². The van der Waals surface area contributed by atoms with Crippen molar-refractivity contribution in [2.45, 2.75) is 26.8 Å². The van der Waals surface area contributed by atoms with Crippen LogP contribution in [0, 0.1) is 18.8 Å². The van der Waals surface area contributed by atoms with Crippen LogP contribution in [-0.4, -0.2) is 52.5 Å². The molecule has 5 rings (SSSR count). The van der Waals surface area contributed by atoms with E-state index in [1.807, 2.05) is 13.0 Å². The number of pyridine rings is 1. The molecule has 1 amide bonds. The summed E-state index contributed by atoms with van der Waals surface area (Å²) >= 11 is 1.45. The van der Waals surface area contributed by atoms with E-state index in [0.717, 1.165) is 16.1 Å². The molecule has 2 aromatic carbocycles. The second-order valence-electron chi connectivity index (χ2n) is 10.8. The highest BCUT2D eigenvalue weighted by atomic mass is 32.2. The topological polar surface area (TPSA) is 187 Å². The number of rotatable bonds is 9. The molecule has 0 radical (unpaired) electrons. The highest BCUT2D eigenvalue weighted by Gasteiger charge is 2.23. The number of nitrogens with two attached hydrogens (primary N) is 1. The Kier molecular flexibility index (Phi) is 10.1. The van der Waals surface area contributed by atoms with Crippen molar-refractivity contribution in [1.82, 2.24) is 24.8 Å². The van der Waals surface area contributed by atoms with Gasteiger partial charge in [-0.15, -0.1) is 11.3 Å². The Morgan fingerprint density at radius 1 is 1.10 bits per heavy atom. The monoisotopic (exact) mass is 693 g/mol. The van der Waals surface area contributed by atoms with Crippen LogP contribution in [0.15, 0.2) is 99.5 Å². The second kappa shape index (κ2) is 14.4. The van der Waals surface area contributed by atoms with E-state index in [1.54, 1.807) is 62.5 Å². The number of aromatic nitrogens is 4. The summed E-state index contributed by atoms with van der Waals surface area (Å²) in [5, 5.41) is 4.05. The fourth-order valence-electron chi connectivity index (χ4n) is 4.79. The van der Waals surface area contributed by atoms with Crippen LogP contribution in [-0.2, 0) is 14.8 Å². The number of hydrogen-bond donors (Lipinski definition) is 3. The predicted octanol–water partition coefficient (Wildman–Crippen LogP) is 3.83. The van der Waals surface area contributed by atoms with Crippen LogP contribution in [0.1, 0.15) is 46.7 Å². The predicted molar refractivity (Wildman–Crippen MR) is 192 cm³/mol. The van der Waals surface area contributed by atoms with Crippen LogP contribution in [0.5, 0.6) is 0 Å². The minimum Gasteiger partial charge on any atom is -0.382 e. The maximum Gasteiger partial charge on any atom is 0.274 e. The van der Waals surface area contributed by atoms with Gasteiger partial charge in [0.05, 0.1) is 56.9 Å². The number of carbonyl (C=O) groups is 1. The zero-order valence-corrected chi connectivity index (χ0v) is 28.6. The molecule has 49 heavy (non-hydrogen) atoms. The Morgan fingerprint density at radius 2 is 1.86 bits per heavy atom. The van der Waals surface area contributed by atoms with Gasteiger partial charge < -0.3 is 11.1 Å². The molecule has 0 fully saturated rings. The van der Waals surface area contributed by atoms with E-state index in [-0.39, 0.29) is 28.6 Å². The van der Waals surface area contributed by atoms with Crippen LogP contribution >= 0.6 is 11.3 Å². The van der Waals surface area contributed by atoms with E-state index >= 15 is 0 Å². The highest BCUT2D eigenvalue weighted by molar-refractivity contribution is 7.92. The van der Waals surface area contributed by atoms with E-state index in [4.69, 9.17) is 10.7 Å². The number of sulfonamides is 1. The Hall–Kier alpha value is -5.98. The molecule has 0 saturated carbocycles. The molecule has 4 N–H and O–H groups in total. The number of nitrogens with one attached hydrogen (secondary N) is 2. The van der Waals surface area contributed by atoms with Gasteiger partial charge in [0.15, 0.2) is 11.5 Å². The summed E-state index contributed by atoms with van der Waals surface area (Å²) in [5.41, 5.74) is 7.79. The van der Waals surface area contributed by atoms with Gasteiger partial charge in [0.2, 0.25) is 10.0 Å². The second-order valence-corrected chi connectivity index (χ2v) is 13.7. The molecular formula is C34H31N9O4S2. The number of carbonyl (C=O) groups excluding carboxylic acids is 1. The molecule has 248 valence electrons. The first-order chi connectivity index (χ1) is 23.3. The number of nitrogens with zero attached hydrogens (tertiary/aromatic N) is 6. The minimum absolute atomic E-state index is 0.210. The third-order valence-corrected chi connectivity index (χ3v) is 8.42. The molecule has 0 unspecified atom stereocenters. The van der Waals surface area contributed by atoms with E-state index in [2.05, 4.69) is 48.6 Å². The first kappa shape index (κ1) is 34.4. The molecule has 1 atom stereocenters. The standard InChI is InChI=1S/C34H31N9O4S2/c1-20(24-16-25(18-37-17-24)42-49(5,46)47)39-30(31(35)36-4)33(44)40-21(2)32-41-28-13-9-10-23(14-15-27-19-38-22(3)48-27)29(28)34(45)43(32)26-11-7-6-8-12-26/h6-13,16-19,21,42H,4,35H2,1-3,5H3,(H,40,44)/b31-30-,39-20+/t21-/m1/s1. The van der Waals surface area contributed by atoms with Crippen LogP contribution in [0.4, 0.5) is 5.69 Å². The van der Waals surface area contributed by atoms with Crippen molar-refractivity contribution in [3.63, 3.8) is 0 Å². The molecule has 5 aromatic rings. The van der Waals surface area contributed by atoms with E-state index in [0.29, 0.717) is 33.4 Å². The van der Waals surface area contributed by atoms with Crippen LogP contribution < -0.4 is 21.3 Å². The average Bonchev–Trinajstić information content (AvgIpc) is 3.49. The summed E-state index contributed by atoms with van der Waals surface area (Å²) in [6, 6.07) is 14.9. The molecule has 3 aromatic heterocycles. The molecule has 0 spiro atoms. The number of amides is 1. The number of aliphatic imine (C=N–C) groups is 2. The van der Waals surface area contributed by atoms with Crippen molar-refractivity contribution in [2.24, 2.45) is 15.7 Å². The molecule has 0 aliphatic carbocycles. The molecule has 13 nitrogen and oxygen atoms in total. The maximum atomic E-state index is 14.3. The van der Waals surface area contributed by atoms with Crippen molar-refractivity contribution in [2.75, 3.05) is 11.0 Å². The molecule has 3 heterocycles. The van der Waals surface area contributed by atoms with E-state index < -0.39 is 22.0 Å². The smallest absolute Gasteiger partial charge is 0.274 e. The summed E-state index contributed by atoms with van der Waals surface area (Å²) in [5.74, 6) is 5.46. The Bertz CT molecular complexity index is 2390. The number of thiazole rings is 1. The van der Waals surface area contributed by atoms with Gasteiger partial charge in [-0.2, -0.15) is 0 Å². The molecule has 0 aliphatic heterocycles. The number of benzene rings is 2. The third kappa shape index (κ3) is 8.12. The van der Waals surface area contributed by atoms with Gasteiger partial charge in [-0.25, -0.2) is 28.4 Å². The average molecular weight is 694 g/mol. The molecule has 15 heteroatoms. The zero-order chi connectivity index (χ0) is 35.3. The van der Waals surface area contributed by atoms with Gasteiger partial charge in [-0.05, 0) is 63.7 Å². The van der Waals surface area contributed by atoms with Crippen LogP contribution in [0.2, 0.25) is 0 Å². The highest BCUT2D eigenvalue weighted by Crippen LogP contribution is 2.22. The quantitative estimate of drug-likeness (QED) is 0.118. The lowest BCUT2D eigenvalue weighted by molar-refractivity contribution is -0.118. The summed E-state index contributed by atoms with van der Waals surface area (Å²) in [6.07, 6.45) is 5.50.